The molecule has 3 rings (SSSR count). The zero-order chi connectivity index (χ0) is 14.5. The van der Waals surface area contributed by atoms with Crippen LogP contribution in [0.4, 0.5) is 5.82 Å². The number of hydrogen-bond acceptors (Lipinski definition) is 6. The minimum absolute atomic E-state index is 0.0450. The number of ether oxygens (including phenoxy) is 1. The number of morpholine rings is 1. The topological polar surface area (TPSA) is 89.9 Å². The van der Waals surface area contributed by atoms with Crippen LogP contribution in [0.1, 0.15) is 13.8 Å². The fourth-order valence-electron chi connectivity index (χ4n) is 2.49. The predicted molar refractivity (Wildman–Crippen MR) is 76.2 cm³/mol. The summed E-state index contributed by atoms with van der Waals surface area (Å²) in [6, 6.07) is 0. The van der Waals surface area contributed by atoms with E-state index >= 15 is 0 Å². The van der Waals surface area contributed by atoms with E-state index in [0.29, 0.717) is 18.1 Å². The maximum Gasteiger partial charge on any atom is 0.263 e. The fraction of sp³-hybridized carbons (Fsp3) is 0.545. The zero-order valence-electron chi connectivity index (χ0n) is 11.2. The first kappa shape index (κ1) is 13.8. The molecule has 2 aromatic rings. The van der Waals surface area contributed by atoms with Gasteiger partial charge >= 0.3 is 0 Å². The molecule has 1 aliphatic rings. The van der Waals surface area contributed by atoms with E-state index in [1.807, 2.05) is 13.8 Å². The van der Waals surface area contributed by atoms with E-state index in [0.717, 1.165) is 0 Å². The van der Waals surface area contributed by atoms with Gasteiger partial charge in [0.15, 0.2) is 15.8 Å². The normalized spacial score (nSPS) is 25.3. The van der Waals surface area contributed by atoms with Crippen molar-refractivity contribution in [3.63, 3.8) is 0 Å². The lowest BCUT2D eigenvalue weighted by Crippen LogP contribution is -2.48. The smallest absolute Gasteiger partial charge is 0.263 e. The van der Waals surface area contributed by atoms with Gasteiger partial charge in [-0.1, -0.05) is 0 Å². The van der Waals surface area contributed by atoms with E-state index < -0.39 is 10.0 Å². The molecule has 0 aliphatic carbocycles. The Morgan fingerprint density at radius 1 is 1.40 bits per heavy atom. The number of fused-ring (bicyclic) bond motifs is 1. The summed E-state index contributed by atoms with van der Waals surface area (Å²) < 4.78 is 34.1. The lowest BCUT2D eigenvalue weighted by atomic mass is 10.3. The van der Waals surface area contributed by atoms with Crippen LogP contribution >= 0.6 is 11.3 Å². The first-order chi connectivity index (χ1) is 9.39. The molecule has 20 heavy (non-hydrogen) atoms. The van der Waals surface area contributed by atoms with Gasteiger partial charge < -0.3 is 10.5 Å². The third kappa shape index (κ3) is 2.10. The van der Waals surface area contributed by atoms with Crippen LogP contribution in [0.5, 0.6) is 0 Å². The number of anilines is 1. The molecule has 1 saturated heterocycles. The number of nitrogen functional groups attached to an aromatic ring is 1. The molecule has 2 aromatic heterocycles. The van der Waals surface area contributed by atoms with Crippen molar-refractivity contribution in [2.24, 2.45) is 0 Å². The molecule has 0 bridgehead atoms. The summed E-state index contributed by atoms with van der Waals surface area (Å²) in [5.74, 6) is 0.0450. The Bertz CT molecular complexity index is 726. The second kappa shape index (κ2) is 4.69. The van der Waals surface area contributed by atoms with Crippen molar-refractivity contribution in [2.75, 3.05) is 18.8 Å². The predicted octanol–water partition coefficient (Wildman–Crippen LogP) is 0.776. The third-order valence-electron chi connectivity index (χ3n) is 3.21. The highest BCUT2D eigenvalue weighted by Gasteiger charge is 2.36. The molecular formula is C11H16N4O3S2. The van der Waals surface area contributed by atoms with E-state index in [2.05, 4.69) is 4.98 Å². The summed E-state index contributed by atoms with van der Waals surface area (Å²) >= 11 is 1.35. The lowest BCUT2D eigenvalue weighted by Gasteiger charge is -2.34. The van der Waals surface area contributed by atoms with Gasteiger partial charge in [-0.2, -0.15) is 4.31 Å². The van der Waals surface area contributed by atoms with Crippen LogP contribution in [0.3, 0.4) is 0 Å². The van der Waals surface area contributed by atoms with Crippen molar-refractivity contribution in [3.05, 3.63) is 11.6 Å². The number of hydrogen-bond donors (Lipinski definition) is 1. The standard InChI is InChI=1S/C11H16N4O3S2/c1-7-5-14(6-8(2)18-7)20(16,17)10-9(12)13-11-15(10)3-4-19-11/h3-4,7-8H,5-6,12H2,1-2H3. The van der Waals surface area contributed by atoms with Gasteiger partial charge in [0, 0.05) is 24.7 Å². The van der Waals surface area contributed by atoms with Crippen LogP contribution < -0.4 is 5.73 Å². The number of aromatic nitrogens is 2. The molecule has 9 heteroatoms. The molecule has 0 aromatic carbocycles. The number of sulfonamides is 1. The minimum Gasteiger partial charge on any atom is -0.381 e. The van der Waals surface area contributed by atoms with E-state index in [1.165, 1.54) is 20.0 Å². The van der Waals surface area contributed by atoms with E-state index in [9.17, 15) is 8.42 Å². The van der Waals surface area contributed by atoms with Gasteiger partial charge in [0.25, 0.3) is 10.0 Å². The molecule has 0 spiro atoms. The zero-order valence-corrected chi connectivity index (χ0v) is 12.8. The molecule has 0 amide bonds. The number of imidazole rings is 1. The Kier molecular flexibility index (Phi) is 3.24. The minimum atomic E-state index is -3.68. The Hall–Kier alpha value is -1.16. The SMILES string of the molecule is CC1CN(S(=O)(=O)c2c(N)nc3sccn23)CC(C)O1. The summed E-state index contributed by atoms with van der Waals surface area (Å²) in [4.78, 5) is 4.67. The summed E-state index contributed by atoms with van der Waals surface area (Å²) in [7, 11) is -3.68. The monoisotopic (exact) mass is 316 g/mol. The summed E-state index contributed by atoms with van der Waals surface area (Å²) in [5, 5.41) is 1.83. The van der Waals surface area contributed by atoms with Gasteiger partial charge in [0.1, 0.15) is 0 Å². The van der Waals surface area contributed by atoms with Crippen LogP contribution in [-0.2, 0) is 14.8 Å². The van der Waals surface area contributed by atoms with Crippen LogP contribution in [0.25, 0.3) is 4.96 Å². The van der Waals surface area contributed by atoms with Crippen LogP contribution in [-0.4, -0.2) is 47.4 Å². The average Bonchev–Trinajstić information content (AvgIpc) is 2.86. The highest BCUT2D eigenvalue weighted by molar-refractivity contribution is 7.89. The lowest BCUT2D eigenvalue weighted by molar-refractivity contribution is -0.0441. The van der Waals surface area contributed by atoms with Crippen molar-refractivity contribution in [2.45, 2.75) is 31.1 Å². The van der Waals surface area contributed by atoms with Gasteiger partial charge in [-0.15, -0.1) is 11.3 Å². The van der Waals surface area contributed by atoms with E-state index in [-0.39, 0.29) is 23.1 Å². The van der Waals surface area contributed by atoms with Crippen LogP contribution in [0, 0.1) is 0 Å². The second-order valence-electron chi connectivity index (χ2n) is 4.94. The summed E-state index contributed by atoms with van der Waals surface area (Å²) in [5.41, 5.74) is 5.80. The van der Waals surface area contributed by atoms with Crippen molar-refractivity contribution in [1.29, 1.82) is 0 Å². The highest BCUT2D eigenvalue weighted by atomic mass is 32.2. The molecule has 7 nitrogen and oxygen atoms in total. The molecule has 2 unspecified atom stereocenters. The Morgan fingerprint density at radius 3 is 2.70 bits per heavy atom. The maximum absolute atomic E-state index is 12.8. The van der Waals surface area contributed by atoms with E-state index in [1.54, 1.807) is 11.6 Å². The fourth-order valence-corrected chi connectivity index (χ4v) is 5.03. The van der Waals surface area contributed by atoms with Crippen molar-refractivity contribution >= 4 is 32.1 Å². The summed E-state index contributed by atoms with van der Waals surface area (Å²) in [6.45, 7) is 4.36. The van der Waals surface area contributed by atoms with Gasteiger partial charge in [0.2, 0.25) is 0 Å². The van der Waals surface area contributed by atoms with Gasteiger partial charge in [0.05, 0.1) is 12.2 Å². The third-order valence-corrected chi connectivity index (χ3v) is 5.84. The number of rotatable bonds is 2. The molecule has 2 atom stereocenters. The highest BCUT2D eigenvalue weighted by Crippen LogP contribution is 2.28. The molecule has 0 radical (unpaired) electrons. The first-order valence-corrected chi connectivity index (χ1v) is 8.58. The van der Waals surface area contributed by atoms with Crippen molar-refractivity contribution in [1.82, 2.24) is 13.7 Å². The number of nitrogens with zero attached hydrogens (tertiary/aromatic N) is 3. The first-order valence-electron chi connectivity index (χ1n) is 6.26. The molecule has 1 aliphatic heterocycles. The Morgan fingerprint density at radius 2 is 2.05 bits per heavy atom. The van der Waals surface area contributed by atoms with Gasteiger partial charge in [-0.25, -0.2) is 13.4 Å². The Labute approximate surface area is 121 Å². The largest absolute Gasteiger partial charge is 0.381 e. The van der Waals surface area contributed by atoms with Crippen molar-refractivity contribution < 1.29 is 13.2 Å². The Balaban J connectivity index is 2.07. The van der Waals surface area contributed by atoms with Crippen LogP contribution in [0.15, 0.2) is 16.6 Å². The molecule has 3 heterocycles. The van der Waals surface area contributed by atoms with Gasteiger partial charge in [-0.3, -0.25) is 4.40 Å². The molecule has 110 valence electrons. The molecule has 2 N–H and O–H groups in total. The van der Waals surface area contributed by atoms with Crippen molar-refractivity contribution in [3.8, 4) is 0 Å². The second-order valence-corrected chi connectivity index (χ2v) is 7.66. The van der Waals surface area contributed by atoms with Crippen LogP contribution in [0.2, 0.25) is 0 Å². The maximum atomic E-state index is 12.8. The molecular weight excluding hydrogens is 300 g/mol. The average molecular weight is 316 g/mol. The quantitative estimate of drug-likeness (QED) is 0.884. The number of nitrogens with two attached hydrogens (primary N) is 1. The molecule has 1 fully saturated rings. The molecule has 0 saturated carbocycles. The van der Waals surface area contributed by atoms with E-state index in [4.69, 9.17) is 10.5 Å². The number of thiazole rings is 1. The van der Waals surface area contributed by atoms with Gasteiger partial charge in [-0.05, 0) is 13.8 Å². The summed E-state index contributed by atoms with van der Waals surface area (Å²) in [6.07, 6.45) is 1.39.